The number of rotatable bonds is 6. The van der Waals surface area contributed by atoms with Crippen LogP contribution in [-0.2, 0) is 19.9 Å². The second-order valence-electron chi connectivity index (χ2n) is 3.78. The summed E-state index contributed by atoms with van der Waals surface area (Å²) >= 11 is 3.17. The predicted octanol–water partition coefficient (Wildman–Crippen LogP) is 0.327. The number of alkyl halides is 1. The van der Waals surface area contributed by atoms with Gasteiger partial charge in [0, 0.05) is 17.6 Å². The van der Waals surface area contributed by atoms with Gasteiger partial charge in [0.25, 0.3) is 0 Å². The molecule has 0 heterocycles. The van der Waals surface area contributed by atoms with Gasteiger partial charge in [-0.15, -0.1) is 0 Å². The molecule has 1 unspecified atom stereocenters. The fourth-order valence-electron chi connectivity index (χ4n) is 0.892. The molecular weight excluding hydrogens is 306 g/mol. The Kier molecular flexibility index (Phi) is 5.73. The summed E-state index contributed by atoms with van der Waals surface area (Å²) in [5.74, 6) is 0.0960. The summed E-state index contributed by atoms with van der Waals surface area (Å²) < 4.78 is 46.9. The van der Waals surface area contributed by atoms with Crippen LogP contribution in [0.3, 0.4) is 0 Å². The standard InChI is InChI=1S/C7H16BrNO4S2/c1-6(2)7(4-8)9-15(12,13)5-14(3,10)11/h6-7,9H,4-5H2,1-3H3. The van der Waals surface area contributed by atoms with E-state index in [9.17, 15) is 16.8 Å². The summed E-state index contributed by atoms with van der Waals surface area (Å²) in [6.07, 6.45) is 0.894. The van der Waals surface area contributed by atoms with Gasteiger partial charge in [0.2, 0.25) is 10.0 Å². The summed E-state index contributed by atoms with van der Waals surface area (Å²) in [7, 11) is -7.29. The molecule has 0 bridgehead atoms. The fraction of sp³-hybridized carbons (Fsp3) is 1.00. The largest absolute Gasteiger partial charge is 0.228 e. The Morgan fingerprint density at radius 2 is 1.67 bits per heavy atom. The van der Waals surface area contributed by atoms with Crippen LogP contribution >= 0.6 is 15.9 Å². The van der Waals surface area contributed by atoms with Gasteiger partial charge < -0.3 is 0 Å². The third-order valence-corrected chi connectivity index (χ3v) is 5.98. The van der Waals surface area contributed by atoms with Crippen molar-refractivity contribution in [2.24, 2.45) is 5.92 Å². The van der Waals surface area contributed by atoms with E-state index >= 15 is 0 Å². The fourth-order valence-corrected chi connectivity index (χ4v) is 5.36. The van der Waals surface area contributed by atoms with Crippen LogP contribution in [0.25, 0.3) is 0 Å². The zero-order valence-electron chi connectivity index (χ0n) is 8.90. The minimum absolute atomic E-state index is 0.0960. The molecule has 0 saturated heterocycles. The van der Waals surface area contributed by atoms with Gasteiger partial charge in [0.15, 0.2) is 14.9 Å². The van der Waals surface area contributed by atoms with Crippen LogP contribution in [0.4, 0.5) is 0 Å². The van der Waals surface area contributed by atoms with Crippen LogP contribution in [-0.4, -0.2) is 39.5 Å². The van der Waals surface area contributed by atoms with Crippen LogP contribution in [0.2, 0.25) is 0 Å². The molecule has 1 N–H and O–H groups in total. The van der Waals surface area contributed by atoms with E-state index in [0.717, 1.165) is 6.26 Å². The van der Waals surface area contributed by atoms with Gasteiger partial charge in [-0.1, -0.05) is 29.8 Å². The summed E-state index contributed by atoms with van der Waals surface area (Å²) in [6.45, 7) is 3.71. The van der Waals surface area contributed by atoms with E-state index in [1.165, 1.54) is 0 Å². The van der Waals surface area contributed by atoms with E-state index in [1.54, 1.807) is 0 Å². The second-order valence-corrected chi connectivity index (χ2v) is 8.69. The van der Waals surface area contributed by atoms with E-state index in [-0.39, 0.29) is 12.0 Å². The topological polar surface area (TPSA) is 80.3 Å². The van der Waals surface area contributed by atoms with Gasteiger partial charge in [-0.05, 0) is 5.92 Å². The first-order valence-corrected chi connectivity index (χ1v) is 9.14. The van der Waals surface area contributed by atoms with Gasteiger partial charge in [-0.3, -0.25) is 0 Å². The van der Waals surface area contributed by atoms with E-state index in [1.807, 2.05) is 13.8 Å². The van der Waals surface area contributed by atoms with Crippen molar-refractivity contribution in [3.05, 3.63) is 0 Å². The highest BCUT2D eigenvalue weighted by molar-refractivity contribution is 9.09. The van der Waals surface area contributed by atoms with Crippen LogP contribution in [0.15, 0.2) is 0 Å². The molecule has 0 aliphatic heterocycles. The van der Waals surface area contributed by atoms with Crippen LogP contribution in [0, 0.1) is 5.92 Å². The second kappa shape index (κ2) is 5.60. The molecule has 0 saturated carbocycles. The molecule has 0 radical (unpaired) electrons. The predicted molar refractivity (Wildman–Crippen MR) is 64.2 cm³/mol. The summed E-state index contributed by atoms with van der Waals surface area (Å²) in [5.41, 5.74) is 0. The van der Waals surface area contributed by atoms with E-state index in [0.29, 0.717) is 5.33 Å². The molecule has 8 heteroatoms. The molecule has 0 aliphatic carbocycles. The zero-order valence-corrected chi connectivity index (χ0v) is 12.1. The number of halogens is 1. The maximum Gasteiger partial charge on any atom is 0.226 e. The lowest BCUT2D eigenvalue weighted by Gasteiger charge is -2.19. The van der Waals surface area contributed by atoms with Crippen molar-refractivity contribution < 1.29 is 16.8 Å². The van der Waals surface area contributed by atoms with E-state index in [2.05, 4.69) is 20.7 Å². The molecule has 0 aromatic heterocycles. The minimum atomic E-state index is -3.76. The molecule has 0 spiro atoms. The molecule has 92 valence electrons. The monoisotopic (exact) mass is 321 g/mol. The molecule has 1 atom stereocenters. The highest BCUT2D eigenvalue weighted by Crippen LogP contribution is 2.07. The Labute approximate surface area is 99.7 Å². The third kappa shape index (κ3) is 7.26. The number of hydrogen-bond acceptors (Lipinski definition) is 4. The first-order chi connectivity index (χ1) is 6.57. The Morgan fingerprint density at radius 1 is 1.20 bits per heavy atom. The molecule has 0 fully saturated rings. The maximum absolute atomic E-state index is 11.4. The number of nitrogens with one attached hydrogen (secondary N) is 1. The average Bonchev–Trinajstić information content (AvgIpc) is 1.94. The van der Waals surface area contributed by atoms with Gasteiger partial charge in [-0.2, -0.15) is 0 Å². The lowest BCUT2D eigenvalue weighted by Crippen LogP contribution is -2.42. The zero-order chi connectivity index (χ0) is 12.3. The summed E-state index contributed by atoms with van der Waals surface area (Å²) in [6, 6.07) is -0.295. The lowest BCUT2D eigenvalue weighted by atomic mass is 10.1. The van der Waals surface area contributed by atoms with E-state index in [4.69, 9.17) is 0 Å². The van der Waals surface area contributed by atoms with Gasteiger partial charge >= 0.3 is 0 Å². The SMILES string of the molecule is CC(C)C(CBr)NS(=O)(=O)CS(C)(=O)=O. The van der Waals surface area contributed by atoms with Crippen molar-refractivity contribution >= 4 is 35.8 Å². The van der Waals surface area contributed by atoms with Gasteiger partial charge in [-0.25, -0.2) is 21.6 Å². The molecule has 5 nitrogen and oxygen atoms in total. The average molecular weight is 322 g/mol. The molecule has 0 amide bonds. The lowest BCUT2D eigenvalue weighted by molar-refractivity contribution is 0.485. The Morgan fingerprint density at radius 3 is 1.93 bits per heavy atom. The van der Waals surface area contributed by atoms with Crippen molar-refractivity contribution in [2.45, 2.75) is 19.9 Å². The van der Waals surface area contributed by atoms with Crippen molar-refractivity contribution in [3.8, 4) is 0 Å². The van der Waals surface area contributed by atoms with Gasteiger partial charge in [0.1, 0.15) is 0 Å². The normalized spacial score (nSPS) is 15.5. The highest BCUT2D eigenvalue weighted by atomic mass is 79.9. The minimum Gasteiger partial charge on any atom is -0.228 e. The Bertz CT molecular complexity index is 387. The molecule has 0 rings (SSSR count). The smallest absolute Gasteiger partial charge is 0.226 e. The maximum atomic E-state index is 11.4. The van der Waals surface area contributed by atoms with E-state index < -0.39 is 24.9 Å². The molecule has 0 aromatic rings. The van der Waals surface area contributed by atoms with Crippen LogP contribution < -0.4 is 4.72 Å². The molecule has 0 aromatic carbocycles. The molecule has 15 heavy (non-hydrogen) atoms. The van der Waals surface area contributed by atoms with Crippen LogP contribution in [0.5, 0.6) is 0 Å². The first-order valence-electron chi connectivity index (χ1n) is 4.31. The van der Waals surface area contributed by atoms with Crippen LogP contribution in [0.1, 0.15) is 13.8 Å². The van der Waals surface area contributed by atoms with Crippen molar-refractivity contribution in [3.63, 3.8) is 0 Å². The highest BCUT2D eigenvalue weighted by Gasteiger charge is 2.23. The van der Waals surface area contributed by atoms with Crippen molar-refractivity contribution in [1.82, 2.24) is 4.72 Å². The quantitative estimate of drug-likeness (QED) is 0.715. The van der Waals surface area contributed by atoms with Crippen molar-refractivity contribution in [2.75, 3.05) is 16.7 Å². The molecule has 0 aliphatic rings. The van der Waals surface area contributed by atoms with Crippen molar-refractivity contribution in [1.29, 1.82) is 0 Å². The summed E-state index contributed by atoms with van der Waals surface area (Å²) in [4.78, 5) is 0. The molecular formula is C7H16BrNO4S2. The number of sulfone groups is 1. The number of hydrogen-bond donors (Lipinski definition) is 1. The Balaban J connectivity index is 4.65. The van der Waals surface area contributed by atoms with Gasteiger partial charge in [0.05, 0.1) is 0 Å². The third-order valence-electron chi connectivity index (χ3n) is 1.67. The first kappa shape index (κ1) is 15.3. The Hall–Kier alpha value is 0.340. The number of sulfonamides is 1. The summed E-state index contributed by atoms with van der Waals surface area (Å²) in [5, 5.41) is -0.413.